The number of piperidine rings is 1. The van der Waals surface area contributed by atoms with Crippen LogP contribution in [0.4, 0.5) is 4.39 Å². The van der Waals surface area contributed by atoms with Crippen molar-refractivity contribution in [1.29, 1.82) is 0 Å². The molecule has 0 bridgehead atoms. The van der Waals surface area contributed by atoms with E-state index in [1.54, 1.807) is 0 Å². The van der Waals surface area contributed by atoms with Gasteiger partial charge in [-0.15, -0.1) is 0 Å². The van der Waals surface area contributed by atoms with E-state index in [0.29, 0.717) is 18.9 Å². The molecular weight excluding hydrogens is 207 g/mol. The van der Waals surface area contributed by atoms with Gasteiger partial charge in [0, 0.05) is 12.5 Å². The van der Waals surface area contributed by atoms with Crippen LogP contribution in [-0.4, -0.2) is 36.6 Å². The van der Waals surface area contributed by atoms with Gasteiger partial charge in [0.05, 0.1) is 6.67 Å². The second-order valence-electron chi connectivity index (χ2n) is 4.61. The molecule has 1 aliphatic heterocycles. The van der Waals surface area contributed by atoms with Crippen LogP contribution < -0.4 is 5.73 Å². The minimum absolute atomic E-state index is 0.208. The first-order chi connectivity index (χ1) is 7.74. The quantitative estimate of drug-likeness (QED) is 0.678. The number of halogens is 1. The van der Waals surface area contributed by atoms with Crippen molar-refractivity contribution in [1.82, 2.24) is 4.90 Å². The number of likely N-dealkylation sites (tertiary alicyclic amines) is 1. The van der Waals surface area contributed by atoms with Crippen LogP contribution in [0, 0.1) is 0 Å². The fourth-order valence-electron chi connectivity index (χ4n) is 2.40. The Morgan fingerprint density at radius 1 is 1.31 bits per heavy atom. The number of unbranched alkanes of at least 4 members (excludes halogenated alkanes) is 2. The van der Waals surface area contributed by atoms with Crippen molar-refractivity contribution in [3.63, 3.8) is 0 Å². The van der Waals surface area contributed by atoms with E-state index in [1.807, 2.05) is 0 Å². The molecule has 0 aliphatic carbocycles. The zero-order chi connectivity index (χ0) is 11.8. The molecule has 0 aromatic heterocycles. The lowest BCUT2D eigenvalue weighted by Crippen LogP contribution is -2.42. The Bertz CT molecular complexity index is 211. The van der Waals surface area contributed by atoms with Gasteiger partial charge in [-0.25, -0.2) is 0 Å². The zero-order valence-corrected chi connectivity index (χ0v) is 9.96. The third-order valence-electron chi connectivity index (χ3n) is 3.26. The normalized spacial score (nSPS) is 22.2. The Morgan fingerprint density at radius 3 is 2.81 bits per heavy atom. The molecule has 0 saturated carbocycles. The summed E-state index contributed by atoms with van der Waals surface area (Å²) in [6.45, 7) is 1.83. The Kier molecular flexibility index (Phi) is 6.38. The van der Waals surface area contributed by atoms with Gasteiger partial charge in [0.2, 0.25) is 5.91 Å². The summed E-state index contributed by atoms with van der Waals surface area (Å²) in [5.74, 6) is -0.208. The summed E-state index contributed by atoms with van der Waals surface area (Å²) >= 11 is 0. The SMILES string of the molecule is NC(=O)CC1CCCCN1CCCCCF. The summed E-state index contributed by atoms with van der Waals surface area (Å²) in [4.78, 5) is 13.3. The minimum Gasteiger partial charge on any atom is -0.370 e. The van der Waals surface area contributed by atoms with Crippen molar-refractivity contribution in [2.24, 2.45) is 5.73 Å². The van der Waals surface area contributed by atoms with Gasteiger partial charge in [0.25, 0.3) is 0 Å². The van der Waals surface area contributed by atoms with Crippen molar-refractivity contribution in [3.8, 4) is 0 Å². The van der Waals surface area contributed by atoms with E-state index < -0.39 is 0 Å². The van der Waals surface area contributed by atoms with Gasteiger partial charge in [-0.2, -0.15) is 0 Å². The number of carbonyl (C=O) groups is 1. The molecule has 4 heteroatoms. The molecule has 0 aromatic rings. The van der Waals surface area contributed by atoms with Gasteiger partial charge in [-0.05, 0) is 45.2 Å². The highest BCUT2D eigenvalue weighted by Crippen LogP contribution is 2.20. The molecule has 0 aromatic carbocycles. The second-order valence-corrected chi connectivity index (χ2v) is 4.61. The zero-order valence-electron chi connectivity index (χ0n) is 9.96. The van der Waals surface area contributed by atoms with Crippen molar-refractivity contribution in [2.75, 3.05) is 19.8 Å². The lowest BCUT2D eigenvalue weighted by molar-refractivity contribution is -0.119. The van der Waals surface area contributed by atoms with Crippen molar-refractivity contribution >= 4 is 5.91 Å². The first kappa shape index (κ1) is 13.4. The van der Waals surface area contributed by atoms with Crippen LogP contribution in [0.2, 0.25) is 0 Å². The van der Waals surface area contributed by atoms with Crippen molar-refractivity contribution in [3.05, 3.63) is 0 Å². The molecule has 1 unspecified atom stereocenters. The number of rotatable bonds is 7. The number of nitrogens with two attached hydrogens (primary N) is 1. The maximum absolute atomic E-state index is 11.9. The average Bonchev–Trinajstić information content (AvgIpc) is 2.26. The third kappa shape index (κ3) is 4.92. The number of nitrogens with zero attached hydrogens (tertiary/aromatic N) is 1. The van der Waals surface area contributed by atoms with E-state index in [4.69, 9.17) is 5.73 Å². The van der Waals surface area contributed by atoms with Crippen LogP contribution in [0.15, 0.2) is 0 Å². The highest BCUT2D eigenvalue weighted by atomic mass is 19.1. The first-order valence-corrected chi connectivity index (χ1v) is 6.32. The van der Waals surface area contributed by atoms with Crippen molar-refractivity contribution < 1.29 is 9.18 Å². The lowest BCUT2D eigenvalue weighted by Gasteiger charge is -2.35. The summed E-state index contributed by atoms with van der Waals surface area (Å²) in [6.07, 6.45) is 6.58. The Hall–Kier alpha value is -0.640. The minimum atomic E-state index is -0.218. The highest BCUT2D eigenvalue weighted by molar-refractivity contribution is 5.74. The molecular formula is C12H23FN2O. The predicted molar refractivity (Wildman–Crippen MR) is 62.8 cm³/mol. The number of hydrogen-bond donors (Lipinski definition) is 1. The van der Waals surface area contributed by atoms with E-state index in [0.717, 1.165) is 32.4 Å². The number of amides is 1. The topological polar surface area (TPSA) is 46.3 Å². The Balaban J connectivity index is 2.26. The summed E-state index contributed by atoms with van der Waals surface area (Å²) in [5.41, 5.74) is 5.25. The largest absolute Gasteiger partial charge is 0.370 e. The summed E-state index contributed by atoms with van der Waals surface area (Å²) in [6, 6.07) is 0.330. The molecule has 1 fully saturated rings. The summed E-state index contributed by atoms with van der Waals surface area (Å²) in [5, 5.41) is 0. The molecule has 2 N–H and O–H groups in total. The molecule has 0 spiro atoms. The van der Waals surface area contributed by atoms with Crippen LogP contribution >= 0.6 is 0 Å². The molecule has 0 radical (unpaired) electrons. The van der Waals surface area contributed by atoms with Crippen LogP contribution in [0.5, 0.6) is 0 Å². The number of alkyl halides is 1. The summed E-state index contributed by atoms with van der Waals surface area (Å²) in [7, 11) is 0. The lowest BCUT2D eigenvalue weighted by atomic mass is 9.98. The average molecular weight is 230 g/mol. The van der Waals surface area contributed by atoms with Crippen LogP contribution in [-0.2, 0) is 4.79 Å². The molecule has 1 heterocycles. The molecule has 1 aliphatic rings. The van der Waals surface area contributed by atoms with Crippen LogP contribution in [0.1, 0.15) is 44.9 Å². The smallest absolute Gasteiger partial charge is 0.218 e. The molecule has 1 rings (SSSR count). The fourth-order valence-corrected chi connectivity index (χ4v) is 2.40. The maximum atomic E-state index is 11.9. The highest BCUT2D eigenvalue weighted by Gasteiger charge is 2.23. The monoisotopic (exact) mass is 230 g/mol. The van der Waals surface area contributed by atoms with Gasteiger partial charge >= 0.3 is 0 Å². The van der Waals surface area contributed by atoms with Gasteiger partial charge in [-0.3, -0.25) is 14.1 Å². The van der Waals surface area contributed by atoms with Gasteiger partial charge in [0.15, 0.2) is 0 Å². The molecule has 1 amide bonds. The van der Waals surface area contributed by atoms with E-state index in [1.165, 1.54) is 12.8 Å². The maximum Gasteiger partial charge on any atom is 0.218 e. The second kappa shape index (κ2) is 7.60. The number of carbonyl (C=O) groups excluding carboxylic acids is 1. The van der Waals surface area contributed by atoms with Crippen LogP contribution in [0.3, 0.4) is 0 Å². The molecule has 1 saturated heterocycles. The molecule has 3 nitrogen and oxygen atoms in total. The first-order valence-electron chi connectivity index (χ1n) is 6.32. The predicted octanol–water partition coefficient (Wildman–Crippen LogP) is 1.86. The Morgan fingerprint density at radius 2 is 2.12 bits per heavy atom. The van der Waals surface area contributed by atoms with Gasteiger partial charge in [0.1, 0.15) is 0 Å². The van der Waals surface area contributed by atoms with E-state index in [-0.39, 0.29) is 12.6 Å². The van der Waals surface area contributed by atoms with Gasteiger partial charge < -0.3 is 5.73 Å². The van der Waals surface area contributed by atoms with Crippen LogP contribution in [0.25, 0.3) is 0 Å². The molecule has 94 valence electrons. The van der Waals surface area contributed by atoms with E-state index in [2.05, 4.69) is 4.90 Å². The van der Waals surface area contributed by atoms with Gasteiger partial charge in [-0.1, -0.05) is 6.42 Å². The molecule has 16 heavy (non-hydrogen) atoms. The standard InChI is InChI=1S/C12H23FN2O/c13-7-3-1-4-8-15-9-5-2-6-11(15)10-12(14)16/h11H,1-10H2,(H2,14,16). The third-order valence-corrected chi connectivity index (χ3v) is 3.26. The Labute approximate surface area is 97.2 Å². The van der Waals surface area contributed by atoms with E-state index in [9.17, 15) is 9.18 Å². The summed E-state index contributed by atoms with van der Waals surface area (Å²) < 4.78 is 11.9. The fraction of sp³-hybridized carbons (Fsp3) is 0.917. The number of hydrogen-bond acceptors (Lipinski definition) is 2. The number of primary amides is 1. The van der Waals surface area contributed by atoms with Crippen molar-refractivity contribution in [2.45, 2.75) is 51.0 Å². The molecule has 1 atom stereocenters. The van der Waals surface area contributed by atoms with E-state index >= 15 is 0 Å².